The van der Waals surface area contributed by atoms with Crippen LogP contribution in [-0.2, 0) is 4.79 Å². The van der Waals surface area contributed by atoms with E-state index in [1.807, 2.05) is 0 Å². The molecule has 1 aromatic rings. The van der Waals surface area contributed by atoms with Crippen molar-refractivity contribution in [2.45, 2.75) is 12.5 Å². The maximum absolute atomic E-state index is 13.1. The lowest BCUT2D eigenvalue weighted by Crippen LogP contribution is -2.31. The molecule has 6 heteroatoms. The second kappa shape index (κ2) is 4.96. The van der Waals surface area contributed by atoms with Gasteiger partial charge in [0.05, 0.1) is 11.5 Å². The zero-order valence-electron chi connectivity index (χ0n) is 9.32. The van der Waals surface area contributed by atoms with Crippen LogP contribution < -0.4 is 10.5 Å². The van der Waals surface area contributed by atoms with Crippen molar-refractivity contribution < 1.29 is 19.0 Å². The molecule has 0 aliphatic carbocycles. The molecule has 1 aliphatic heterocycles. The molecule has 4 nitrogen and oxygen atoms in total. The van der Waals surface area contributed by atoms with E-state index >= 15 is 0 Å². The van der Waals surface area contributed by atoms with Gasteiger partial charge in [0.15, 0.2) is 0 Å². The molecule has 1 unspecified atom stereocenters. The van der Waals surface area contributed by atoms with E-state index in [1.54, 1.807) is 0 Å². The molecule has 0 radical (unpaired) electrons. The Morgan fingerprint density at radius 3 is 3.00 bits per heavy atom. The predicted octanol–water partition coefficient (Wildman–Crippen LogP) is 1.97. The number of carboxylic acids is 1. The summed E-state index contributed by atoms with van der Waals surface area (Å²) in [7, 11) is 0. The Morgan fingerprint density at radius 2 is 2.33 bits per heavy atom. The van der Waals surface area contributed by atoms with Crippen molar-refractivity contribution >= 4 is 22.6 Å². The standard InChI is InChI=1S/C12H11ClFNO3/c13-12-7-3-6(14)1-2-10(7)18-5-8(12)9(15)4-11(16)17/h1-3,9H,4-5,15H2,(H,16,17). The number of benzene rings is 1. The van der Waals surface area contributed by atoms with Gasteiger partial charge in [-0.15, -0.1) is 0 Å². The molecular weight excluding hydrogens is 261 g/mol. The molecule has 96 valence electrons. The highest BCUT2D eigenvalue weighted by molar-refractivity contribution is 6.49. The molecule has 0 saturated heterocycles. The Kier molecular flexibility index (Phi) is 3.54. The maximum atomic E-state index is 13.1. The fourth-order valence-electron chi connectivity index (χ4n) is 1.77. The van der Waals surface area contributed by atoms with Crippen LogP contribution in [0.4, 0.5) is 4.39 Å². The van der Waals surface area contributed by atoms with Gasteiger partial charge in [-0.25, -0.2) is 4.39 Å². The average Bonchev–Trinajstić information content (AvgIpc) is 2.29. The summed E-state index contributed by atoms with van der Waals surface area (Å²) in [6.45, 7) is 0.117. The minimum atomic E-state index is -1.02. The summed E-state index contributed by atoms with van der Waals surface area (Å²) in [5.41, 5.74) is 6.61. The Morgan fingerprint density at radius 1 is 1.61 bits per heavy atom. The van der Waals surface area contributed by atoms with Crippen LogP contribution in [0.25, 0.3) is 5.03 Å². The van der Waals surface area contributed by atoms with Gasteiger partial charge in [-0.05, 0) is 18.2 Å². The van der Waals surface area contributed by atoms with Gasteiger partial charge in [0, 0.05) is 17.2 Å². The highest BCUT2D eigenvalue weighted by Gasteiger charge is 2.24. The lowest BCUT2D eigenvalue weighted by Gasteiger charge is -2.24. The van der Waals surface area contributed by atoms with Crippen LogP contribution >= 0.6 is 11.6 Å². The van der Waals surface area contributed by atoms with Gasteiger partial charge in [-0.3, -0.25) is 4.79 Å². The van der Waals surface area contributed by atoms with Crippen LogP contribution in [0.5, 0.6) is 5.75 Å². The van der Waals surface area contributed by atoms with E-state index in [0.717, 1.165) is 0 Å². The monoisotopic (exact) mass is 271 g/mol. The summed E-state index contributed by atoms with van der Waals surface area (Å²) in [5.74, 6) is -0.999. The van der Waals surface area contributed by atoms with E-state index in [9.17, 15) is 9.18 Å². The van der Waals surface area contributed by atoms with Gasteiger partial charge in [0.1, 0.15) is 18.2 Å². The zero-order valence-corrected chi connectivity index (χ0v) is 10.1. The van der Waals surface area contributed by atoms with Crippen molar-refractivity contribution in [1.29, 1.82) is 0 Å². The number of fused-ring (bicyclic) bond motifs is 1. The third-order valence-electron chi connectivity index (χ3n) is 2.69. The molecular formula is C12H11ClFNO3. The smallest absolute Gasteiger partial charge is 0.305 e. The number of nitrogens with two attached hydrogens (primary N) is 1. The van der Waals surface area contributed by atoms with Crippen LogP contribution in [0.15, 0.2) is 23.8 Å². The number of rotatable bonds is 3. The predicted molar refractivity (Wildman–Crippen MR) is 64.9 cm³/mol. The Labute approximate surface area is 108 Å². The van der Waals surface area contributed by atoms with Crippen molar-refractivity contribution in [3.63, 3.8) is 0 Å². The van der Waals surface area contributed by atoms with Crippen molar-refractivity contribution in [2.75, 3.05) is 6.61 Å². The molecule has 2 rings (SSSR count). The molecule has 0 saturated carbocycles. The number of halogens is 2. The van der Waals surface area contributed by atoms with Crippen LogP contribution in [0.1, 0.15) is 12.0 Å². The Hall–Kier alpha value is -1.59. The fourth-order valence-corrected chi connectivity index (χ4v) is 2.11. The number of carboxylic acid groups (broad SMARTS) is 1. The van der Waals surface area contributed by atoms with E-state index in [-0.39, 0.29) is 18.1 Å². The summed E-state index contributed by atoms with van der Waals surface area (Å²) in [5, 5.41) is 8.96. The van der Waals surface area contributed by atoms with Crippen LogP contribution in [0.3, 0.4) is 0 Å². The van der Waals surface area contributed by atoms with E-state index in [0.29, 0.717) is 16.9 Å². The largest absolute Gasteiger partial charge is 0.488 e. The molecule has 3 N–H and O–H groups in total. The van der Waals surface area contributed by atoms with Crippen molar-refractivity contribution in [3.8, 4) is 5.75 Å². The normalized spacial score (nSPS) is 15.9. The van der Waals surface area contributed by atoms with Gasteiger partial charge < -0.3 is 15.6 Å². The van der Waals surface area contributed by atoms with Crippen molar-refractivity contribution in [3.05, 3.63) is 35.2 Å². The number of hydrogen-bond donors (Lipinski definition) is 2. The maximum Gasteiger partial charge on any atom is 0.305 e. The summed E-state index contributed by atoms with van der Waals surface area (Å²) in [4.78, 5) is 10.6. The van der Waals surface area contributed by atoms with Crippen LogP contribution in [0, 0.1) is 5.82 Å². The molecule has 0 amide bonds. The molecule has 1 atom stereocenters. The minimum Gasteiger partial charge on any atom is -0.488 e. The molecule has 0 aromatic heterocycles. The lowest BCUT2D eigenvalue weighted by molar-refractivity contribution is -0.137. The number of ether oxygens (including phenoxy) is 1. The SMILES string of the molecule is NC(CC(=O)O)C1=C(Cl)c2cc(F)ccc2OC1. The summed E-state index contributed by atoms with van der Waals surface area (Å²) < 4.78 is 18.5. The van der Waals surface area contributed by atoms with Crippen LogP contribution in [0.2, 0.25) is 0 Å². The third-order valence-corrected chi connectivity index (χ3v) is 3.13. The minimum absolute atomic E-state index is 0.117. The molecule has 0 spiro atoms. The summed E-state index contributed by atoms with van der Waals surface area (Å²) >= 11 is 6.12. The summed E-state index contributed by atoms with van der Waals surface area (Å²) in [6.07, 6.45) is -0.250. The molecule has 0 fully saturated rings. The van der Waals surface area contributed by atoms with Crippen molar-refractivity contribution in [2.24, 2.45) is 5.73 Å². The number of hydrogen-bond acceptors (Lipinski definition) is 3. The topological polar surface area (TPSA) is 72.6 Å². The molecule has 1 heterocycles. The van der Waals surface area contributed by atoms with Gasteiger partial charge in [0.2, 0.25) is 0 Å². The van der Waals surface area contributed by atoms with Gasteiger partial charge in [-0.2, -0.15) is 0 Å². The highest BCUT2D eigenvalue weighted by atomic mass is 35.5. The summed E-state index contributed by atoms with van der Waals surface area (Å²) in [6, 6.07) is 3.24. The third kappa shape index (κ3) is 2.47. The second-order valence-electron chi connectivity index (χ2n) is 3.97. The first-order valence-corrected chi connectivity index (χ1v) is 5.65. The fraction of sp³-hybridized carbons (Fsp3) is 0.250. The number of aliphatic carboxylic acids is 1. The van der Waals surface area contributed by atoms with E-state index < -0.39 is 17.8 Å². The molecule has 0 bridgehead atoms. The van der Waals surface area contributed by atoms with Crippen molar-refractivity contribution in [1.82, 2.24) is 0 Å². The van der Waals surface area contributed by atoms with Gasteiger partial charge >= 0.3 is 5.97 Å². The lowest BCUT2D eigenvalue weighted by atomic mass is 9.99. The second-order valence-corrected chi connectivity index (χ2v) is 4.35. The van der Waals surface area contributed by atoms with E-state index in [4.69, 9.17) is 27.2 Å². The Balaban J connectivity index is 2.38. The van der Waals surface area contributed by atoms with Gasteiger partial charge in [-0.1, -0.05) is 11.6 Å². The first-order valence-electron chi connectivity index (χ1n) is 5.27. The number of carbonyl (C=O) groups is 1. The first-order chi connectivity index (χ1) is 8.49. The average molecular weight is 272 g/mol. The first kappa shape index (κ1) is 12.9. The highest BCUT2D eigenvalue weighted by Crippen LogP contribution is 2.37. The Bertz CT molecular complexity index is 530. The molecule has 1 aliphatic rings. The van der Waals surface area contributed by atoms with Gasteiger partial charge in [0.25, 0.3) is 0 Å². The van der Waals surface area contributed by atoms with Crippen LogP contribution in [-0.4, -0.2) is 23.7 Å². The van der Waals surface area contributed by atoms with E-state index in [1.165, 1.54) is 18.2 Å². The molecule has 18 heavy (non-hydrogen) atoms. The quantitative estimate of drug-likeness (QED) is 0.882. The zero-order chi connectivity index (χ0) is 13.3. The van der Waals surface area contributed by atoms with E-state index in [2.05, 4.69) is 0 Å². The molecule has 1 aromatic carbocycles.